The molecule has 0 radical (unpaired) electrons. The van der Waals surface area contributed by atoms with Crippen molar-refractivity contribution in [1.82, 2.24) is 0 Å². The van der Waals surface area contributed by atoms with Gasteiger partial charge in [-0.2, -0.15) is 0 Å². The first-order chi connectivity index (χ1) is 15.0. The minimum atomic E-state index is -0.775. The zero-order valence-corrected chi connectivity index (χ0v) is 16.6. The lowest BCUT2D eigenvalue weighted by molar-refractivity contribution is 0.477. The normalized spacial score (nSPS) is 13.3. The van der Waals surface area contributed by atoms with Crippen LogP contribution in [-0.4, -0.2) is 10.2 Å². The van der Waals surface area contributed by atoms with Crippen molar-refractivity contribution in [3.05, 3.63) is 107 Å². The van der Waals surface area contributed by atoms with Crippen LogP contribution in [0.25, 0.3) is 11.1 Å². The second-order valence-electron chi connectivity index (χ2n) is 7.72. The molecule has 6 N–H and O–H groups in total. The highest BCUT2D eigenvalue weighted by Gasteiger charge is 2.47. The van der Waals surface area contributed by atoms with Crippen LogP contribution in [-0.2, 0) is 5.41 Å². The second-order valence-corrected chi connectivity index (χ2v) is 7.72. The maximum Gasteiger partial charge on any atom is 0.138 e. The Morgan fingerprint density at radius 3 is 1.87 bits per heavy atom. The predicted molar refractivity (Wildman–Crippen MR) is 124 cm³/mol. The summed E-state index contributed by atoms with van der Waals surface area (Å²) in [6.45, 7) is 0. The van der Waals surface area contributed by atoms with Gasteiger partial charge in [0.1, 0.15) is 11.5 Å². The molecule has 0 amide bonds. The fourth-order valence-corrected chi connectivity index (χ4v) is 4.81. The quantitative estimate of drug-likeness (QED) is 0.196. The first-order valence-electron chi connectivity index (χ1n) is 9.86. The molecule has 150 valence electrons. The van der Waals surface area contributed by atoms with Crippen LogP contribution in [0, 0.1) is 12.3 Å². The van der Waals surface area contributed by atoms with Crippen molar-refractivity contribution in [3.63, 3.8) is 0 Å². The molecule has 0 saturated heterocycles. The van der Waals surface area contributed by atoms with E-state index in [-0.39, 0.29) is 22.9 Å². The third kappa shape index (κ3) is 2.44. The molecule has 5 rings (SSSR count). The number of hydrogen-bond acceptors (Lipinski definition) is 4. The van der Waals surface area contributed by atoms with Crippen LogP contribution in [0.3, 0.4) is 0 Å². The number of hydrogen-bond donors (Lipinski definition) is 4. The maximum atomic E-state index is 10.1. The predicted octanol–water partition coefficient (Wildman–Crippen LogP) is 4.61. The highest BCUT2D eigenvalue weighted by molar-refractivity contribution is 5.90. The van der Waals surface area contributed by atoms with Crippen molar-refractivity contribution in [1.29, 1.82) is 0 Å². The smallest absolute Gasteiger partial charge is 0.138 e. The van der Waals surface area contributed by atoms with Gasteiger partial charge in [0.15, 0.2) is 0 Å². The molecule has 4 aromatic carbocycles. The molecule has 0 bridgehead atoms. The SMILES string of the molecule is C#Cc1cccc2c1-c1ccccc1C2(c1ccc(O)c(N)c1)c1ccc(O)c(N)c1. The van der Waals surface area contributed by atoms with Gasteiger partial charge in [-0.05, 0) is 58.1 Å². The molecule has 4 aromatic rings. The summed E-state index contributed by atoms with van der Waals surface area (Å²) in [5.74, 6) is 2.86. The van der Waals surface area contributed by atoms with Crippen molar-refractivity contribution in [2.45, 2.75) is 5.41 Å². The molecule has 0 aliphatic heterocycles. The molecule has 0 fully saturated rings. The van der Waals surface area contributed by atoms with E-state index in [1.807, 2.05) is 36.4 Å². The number of nitrogens with two attached hydrogens (primary N) is 2. The van der Waals surface area contributed by atoms with Crippen molar-refractivity contribution < 1.29 is 10.2 Å². The van der Waals surface area contributed by atoms with Crippen LogP contribution in [0.15, 0.2) is 78.9 Å². The fourth-order valence-electron chi connectivity index (χ4n) is 4.81. The Balaban J connectivity index is 2.00. The summed E-state index contributed by atoms with van der Waals surface area (Å²) in [6.07, 6.45) is 5.88. The van der Waals surface area contributed by atoms with Gasteiger partial charge in [0.2, 0.25) is 0 Å². The molecule has 0 spiro atoms. The Labute approximate surface area is 180 Å². The summed E-state index contributed by atoms with van der Waals surface area (Å²) in [6, 6.07) is 24.5. The van der Waals surface area contributed by atoms with E-state index in [9.17, 15) is 10.2 Å². The van der Waals surface area contributed by atoms with E-state index in [1.165, 1.54) is 0 Å². The minimum absolute atomic E-state index is 0.0213. The lowest BCUT2D eigenvalue weighted by Crippen LogP contribution is -2.29. The van der Waals surface area contributed by atoms with Gasteiger partial charge in [-0.1, -0.05) is 54.5 Å². The van der Waals surface area contributed by atoms with Crippen LogP contribution < -0.4 is 11.5 Å². The van der Waals surface area contributed by atoms with Gasteiger partial charge in [0.25, 0.3) is 0 Å². The summed E-state index contributed by atoms with van der Waals surface area (Å²) in [7, 11) is 0. The van der Waals surface area contributed by atoms with Crippen molar-refractivity contribution in [2.24, 2.45) is 0 Å². The first kappa shape index (κ1) is 18.7. The van der Waals surface area contributed by atoms with E-state index in [0.717, 1.165) is 38.9 Å². The van der Waals surface area contributed by atoms with Gasteiger partial charge in [0, 0.05) is 11.1 Å². The van der Waals surface area contributed by atoms with Crippen LogP contribution in [0.4, 0.5) is 11.4 Å². The van der Waals surface area contributed by atoms with E-state index in [1.54, 1.807) is 24.3 Å². The molecule has 31 heavy (non-hydrogen) atoms. The molecular weight excluding hydrogens is 384 g/mol. The number of nitrogen functional groups attached to an aromatic ring is 2. The highest BCUT2D eigenvalue weighted by Crippen LogP contribution is 2.57. The number of phenolic OH excluding ortho intramolecular Hbond substituents is 2. The zero-order valence-electron chi connectivity index (χ0n) is 16.6. The Kier molecular flexibility index (Phi) is 3.96. The lowest BCUT2D eigenvalue weighted by atomic mass is 9.67. The molecular formula is C27H20N2O2. The third-order valence-corrected chi connectivity index (χ3v) is 6.15. The molecule has 0 atom stereocenters. The molecule has 0 unspecified atom stereocenters. The summed E-state index contributed by atoms with van der Waals surface area (Å²) >= 11 is 0. The summed E-state index contributed by atoms with van der Waals surface area (Å²) in [5, 5.41) is 20.2. The molecule has 4 nitrogen and oxygen atoms in total. The topological polar surface area (TPSA) is 92.5 Å². The fraction of sp³-hybridized carbons (Fsp3) is 0.0370. The van der Waals surface area contributed by atoms with Gasteiger partial charge in [-0.3, -0.25) is 0 Å². The van der Waals surface area contributed by atoms with E-state index in [4.69, 9.17) is 17.9 Å². The van der Waals surface area contributed by atoms with Crippen molar-refractivity contribution >= 4 is 11.4 Å². The van der Waals surface area contributed by atoms with Crippen LogP contribution in [0.5, 0.6) is 11.5 Å². The maximum absolute atomic E-state index is 10.1. The molecule has 1 aliphatic carbocycles. The number of rotatable bonds is 2. The van der Waals surface area contributed by atoms with E-state index < -0.39 is 5.41 Å². The van der Waals surface area contributed by atoms with Crippen LogP contribution in [0.2, 0.25) is 0 Å². The van der Waals surface area contributed by atoms with Crippen LogP contribution >= 0.6 is 0 Å². The third-order valence-electron chi connectivity index (χ3n) is 6.15. The lowest BCUT2D eigenvalue weighted by Gasteiger charge is -2.34. The first-order valence-corrected chi connectivity index (χ1v) is 9.86. The Morgan fingerprint density at radius 2 is 1.29 bits per heavy atom. The Morgan fingerprint density at radius 1 is 0.710 bits per heavy atom. The average Bonchev–Trinajstić information content (AvgIpc) is 3.09. The van der Waals surface area contributed by atoms with E-state index in [2.05, 4.69) is 24.1 Å². The standard InChI is InChI=1S/C27H20N2O2/c1-2-16-6-5-9-21-26(16)19-7-3-4-8-20(19)27(21,17-10-12-24(30)22(28)14-17)18-11-13-25(31)23(29)15-18/h1,3-15,30-31H,28-29H2. The van der Waals surface area contributed by atoms with Gasteiger partial charge < -0.3 is 21.7 Å². The number of aromatic hydroxyl groups is 2. The van der Waals surface area contributed by atoms with Crippen molar-refractivity contribution in [3.8, 4) is 35.0 Å². The van der Waals surface area contributed by atoms with Gasteiger partial charge in [-0.15, -0.1) is 6.42 Å². The van der Waals surface area contributed by atoms with Crippen molar-refractivity contribution in [2.75, 3.05) is 11.5 Å². The molecule has 0 heterocycles. The average molecular weight is 404 g/mol. The number of anilines is 2. The van der Waals surface area contributed by atoms with E-state index >= 15 is 0 Å². The van der Waals surface area contributed by atoms with Gasteiger partial charge in [-0.25, -0.2) is 0 Å². The zero-order chi connectivity index (χ0) is 21.8. The molecule has 1 aliphatic rings. The van der Waals surface area contributed by atoms with Gasteiger partial charge in [0.05, 0.1) is 16.8 Å². The number of benzene rings is 4. The number of fused-ring (bicyclic) bond motifs is 3. The molecule has 0 aromatic heterocycles. The molecule has 0 saturated carbocycles. The van der Waals surface area contributed by atoms with Gasteiger partial charge >= 0.3 is 0 Å². The summed E-state index contributed by atoms with van der Waals surface area (Å²) < 4.78 is 0. The highest BCUT2D eigenvalue weighted by atomic mass is 16.3. The minimum Gasteiger partial charge on any atom is -0.506 e. The number of phenols is 2. The summed E-state index contributed by atoms with van der Waals surface area (Å²) in [4.78, 5) is 0. The molecule has 4 heteroatoms. The summed E-state index contributed by atoms with van der Waals surface area (Å²) in [5.41, 5.74) is 18.6. The Bertz CT molecular complexity index is 1350. The van der Waals surface area contributed by atoms with E-state index in [0.29, 0.717) is 0 Å². The Hall–Kier alpha value is -4.36. The monoisotopic (exact) mass is 404 g/mol. The largest absolute Gasteiger partial charge is 0.506 e. The second kappa shape index (κ2) is 6.58. The van der Waals surface area contributed by atoms with Crippen LogP contribution in [0.1, 0.15) is 27.8 Å². The number of terminal acetylenes is 1.